The number of unbranched alkanes of at least 4 members (excludes halogenated alkanes) is 1. The number of nitrogens with zero attached hydrogens (tertiary/aromatic N) is 1. The van der Waals surface area contributed by atoms with E-state index in [-0.39, 0.29) is 0 Å². The van der Waals surface area contributed by atoms with E-state index in [1.54, 1.807) is 11.3 Å². The average molecular weight is 248 g/mol. The van der Waals surface area contributed by atoms with E-state index in [1.165, 1.54) is 24.3 Å². The minimum absolute atomic E-state index is 0.469. The lowest BCUT2D eigenvalue weighted by Gasteiger charge is -2.03. The maximum absolute atomic E-state index is 4.44. The van der Waals surface area contributed by atoms with Crippen LogP contribution in [-0.2, 0) is 0 Å². The molecule has 0 N–H and O–H groups in total. The van der Waals surface area contributed by atoms with Crippen LogP contribution in [0, 0.1) is 6.92 Å². The predicted molar refractivity (Wildman–Crippen MR) is 58.0 cm³/mol. The molecule has 0 aliphatic rings. The van der Waals surface area contributed by atoms with E-state index in [0.717, 1.165) is 5.69 Å². The van der Waals surface area contributed by atoms with Gasteiger partial charge in [-0.3, -0.25) is 0 Å². The second kappa shape index (κ2) is 4.97. The number of aromatic nitrogens is 1. The van der Waals surface area contributed by atoms with Crippen LogP contribution in [0.15, 0.2) is 5.38 Å². The van der Waals surface area contributed by atoms with Gasteiger partial charge in [-0.2, -0.15) is 0 Å². The Labute approximate surface area is 86.3 Å². The van der Waals surface area contributed by atoms with Gasteiger partial charge in [-0.05, 0) is 13.3 Å². The summed E-state index contributed by atoms with van der Waals surface area (Å²) in [6.07, 6.45) is 3.73. The molecule has 0 fully saturated rings. The van der Waals surface area contributed by atoms with E-state index < -0.39 is 0 Å². The first-order valence-corrected chi connectivity index (χ1v) is 6.09. The zero-order valence-corrected chi connectivity index (χ0v) is 9.91. The van der Waals surface area contributed by atoms with Gasteiger partial charge in [-0.25, -0.2) is 4.98 Å². The van der Waals surface area contributed by atoms with E-state index in [9.17, 15) is 0 Å². The Bertz CT molecular complexity index is 234. The van der Waals surface area contributed by atoms with Crippen LogP contribution in [0.1, 0.15) is 41.7 Å². The number of alkyl halides is 1. The molecule has 68 valence electrons. The third-order valence-electron chi connectivity index (χ3n) is 1.72. The lowest BCUT2D eigenvalue weighted by atomic mass is 10.2. The SMILES string of the molecule is CCCCC(Br)c1nc(C)cs1. The van der Waals surface area contributed by atoms with Crippen LogP contribution in [0.2, 0.25) is 0 Å². The Morgan fingerprint density at radius 1 is 1.67 bits per heavy atom. The highest BCUT2D eigenvalue weighted by molar-refractivity contribution is 9.09. The minimum atomic E-state index is 0.469. The number of rotatable bonds is 4. The summed E-state index contributed by atoms with van der Waals surface area (Å²) in [4.78, 5) is 4.90. The van der Waals surface area contributed by atoms with Gasteiger partial charge >= 0.3 is 0 Å². The lowest BCUT2D eigenvalue weighted by molar-refractivity contribution is 0.709. The van der Waals surface area contributed by atoms with Crippen molar-refractivity contribution in [2.75, 3.05) is 0 Å². The van der Waals surface area contributed by atoms with E-state index in [2.05, 4.69) is 33.2 Å². The third-order valence-corrected chi connectivity index (χ3v) is 3.99. The normalized spacial score (nSPS) is 13.2. The fraction of sp³-hybridized carbons (Fsp3) is 0.667. The molecular weight excluding hydrogens is 234 g/mol. The van der Waals surface area contributed by atoms with E-state index in [4.69, 9.17) is 0 Å². The summed E-state index contributed by atoms with van der Waals surface area (Å²) in [6.45, 7) is 4.26. The topological polar surface area (TPSA) is 12.9 Å². The van der Waals surface area contributed by atoms with Crippen LogP contribution < -0.4 is 0 Å². The Morgan fingerprint density at radius 2 is 2.42 bits per heavy atom. The molecule has 0 spiro atoms. The van der Waals surface area contributed by atoms with Crippen molar-refractivity contribution < 1.29 is 0 Å². The van der Waals surface area contributed by atoms with Crippen LogP contribution in [-0.4, -0.2) is 4.98 Å². The van der Waals surface area contributed by atoms with Crippen molar-refractivity contribution in [3.8, 4) is 0 Å². The van der Waals surface area contributed by atoms with Gasteiger partial charge in [0, 0.05) is 11.1 Å². The monoisotopic (exact) mass is 247 g/mol. The van der Waals surface area contributed by atoms with Crippen LogP contribution in [0.25, 0.3) is 0 Å². The lowest BCUT2D eigenvalue weighted by Crippen LogP contribution is -1.88. The van der Waals surface area contributed by atoms with Crippen molar-refractivity contribution >= 4 is 27.3 Å². The van der Waals surface area contributed by atoms with E-state index in [0.29, 0.717) is 4.83 Å². The summed E-state index contributed by atoms with van der Waals surface area (Å²) >= 11 is 5.40. The fourth-order valence-corrected chi connectivity index (χ4v) is 2.58. The van der Waals surface area contributed by atoms with Crippen molar-refractivity contribution in [1.29, 1.82) is 0 Å². The molecule has 1 aromatic rings. The maximum atomic E-state index is 4.44. The molecule has 1 rings (SSSR count). The molecule has 0 saturated carbocycles. The zero-order valence-electron chi connectivity index (χ0n) is 7.51. The molecule has 0 aromatic carbocycles. The second-order valence-corrected chi connectivity index (χ2v) is 4.93. The molecule has 1 nitrogen and oxygen atoms in total. The fourth-order valence-electron chi connectivity index (χ4n) is 1.02. The average Bonchev–Trinajstić information content (AvgIpc) is 2.47. The summed E-state index contributed by atoms with van der Waals surface area (Å²) in [5.74, 6) is 0. The van der Waals surface area contributed by atoms with Crippen LogP contribution in [0.4, 0.5) is 0 Å². The molecule has 1 aromatic heterocycles. The highest BCUT2D eigenvalue weighted by Crippen LogP contribution is 2.30. The van der Waals surface area contributed by atoms with Gasteiger partial charge in [-0.1, -0.05) is 35.7 Å². The van der Waals surface area contributed by atoms with Gasteiger partial charge in [0.15, 0.2) is 0 Å². The molecule has 0 aliphatic heterocycles. The summed E-state index contributed by atoms with van der Waals surface area (Å²) in [7, 11) is 0. The second-order valence-electron chi connectivity index (χ2n) is 2.94. The van der Waals surface area contributed by atoms with Crippen LogP contribution >= 0.6 is 27.3 Å². The molecule has 0 radical (unpaired) electrons. The molecule has 0 saturated heterocycles. The molecule has 12 heavy (non-hydrogen) atoms. The van der Waals surface area contributed by atoms with Gasteiger partial charge < -0.3 is 0 Å². The van der Waals surface area contributed by atoms with Crippen molar-refractivity contribution in [3.63, 3.8) is 0 Å². The number of thiazole rings is 1. The summed E-state index contributed by atoms with van der Waals surface area (Å²) in [5, 5.41) is 3.33. The Morgan fingerprint density at radius 3 is 2.92 bits per heavy atom. The number of hydrogen-bond acceptors (Lipinski definition) is 2. The molecule has 1 heterocycles. The molecule has 3 heteroatoms. The highest BCUT2D eigenvalue weighted by Gasteiger charge is 2.09. The quantitative estimate of drug-likeness (QED) is 0.731. The van der Waals surface area contributed by atoms with Crippen molar-refractivity contribution in [2.24, 2.45) is 0 Å². The molecule has 1 unspecified atom stereocenters. The molecule has 0 aliphatic carbocycles. The van der Waals surface area contributed by atoms with Gasteiger partial charge in [0.05, 0.1) is 4.83 Å². The molecule has 1 atom stereocenters. The standard InChI is InChI=1S/C9H14BrNS/c1-3-4-5-8(10)9-11-7(2)6-12-9/h6,8H,3-5H2,1-2H3. The maximum Gasteiger partial charge on any atom is 0.106 e. The number of halogens is 1. The van der Waals surface area contributed by atoms with Gasteiger partial charge in [0.1, 0.15) is 5.01 Å². The van der Waals surface area contributed by atoms with Crippen LogP contribution in [0.3, 0.4) is 0 Å². The van der Waals surface area contributed by atoms with Crippen molar-refractivity contribution in [2.45, 2.75) is 37.9 Å². The van der Waals surface area contributed by atoms with Gasteiger partial charge in [0.2, 0.25) is 0 Å². The van der Waals surface area contributed by atoms with Crippen LogP contribution in [0.5, 0.6) is 0 Å². The largest absolute Gasteiger partial charge is 0.245 e. The van der Waals surface area contributed by atoms with E-state index >= 15 is 0 Å². The van der Waals surface area contributed by atoms with Gasteiger partial charge in [0.25, 0.3) is 0 Å². The Balaban J connectivity index is 2.47. The first-order chi connectivity index (χ1) is 5.74. The molecule has 0 bridgehead atoms. The highest BCUT2D eigenvalue weighted by atomic mass is 79.9. The van der Waals surface area contributed by atoms with Gasteiger partial charge in [-0.15, -0.1) is 11.3 Å². The summed E-state index contributed by atoms with van der Waals surface area (Å²) in [6, 6.07) is 0. The molecular formula is C9H14BrNS. The number of hydrogen-bond donors (Lipinski definition) is 0. The Kier molecular flexibility index (Phi) is 4.22. The Hall–Kier alpha value is 0.110. The smallest absolute Gasteiger partial charge is 0.106 e. The predicted octanol–water partition coefficient (Wildman–Crippen LogP) is 4.08. The number of aryl methyl sites for hydroxylation is 1. The van der Waals surface area contributed by atoms with Crippen molar-refractivity contribution in [1.82, 2.24) is 4.98 Å². The summed E-state index contributed by atoms with van der Waals surface area (Å²) < 4.78 is 0. The molecule has 0 amide bonds. The summed E-state index contributed by atoms with van der Waals surface area (Å²) in [5.41, 5.74) is 1.14. The first kappa shape index (κ1) is 10.2. The van der Waals surface area contributed by atoms with Crippen molar-refractivity contribution in [3.05, 3.63) is 16.1 Å². The minimum Gasteiger partial charge on any atom is -0.245 e. The third kappa shape index (κ3) is 2.87. The first-order valence-electron chi connectivity index (χ1n) is 4.30. The van der Waals surface area contributed by atoms with E-state index in [1.807, 2.05) is 6.92 Å². The zero-order chi connectivity index (χ0) is 8.97.